The summed E-state index contributed by atoms with van der Waals surface area (Å²) in [5, 5.41) is 0.847. The smallest absolute Gasteiger partial charge is 0.245 e. The molecule has 0 saturated carbocycles. The molecule has 4 nitrogen and oxygen atoms in total. The second-order valence-corrected chi connectivity index (χ2v) is 14.3. The van der Waals surface area contributed by atoms with Crippen LogP contribution in [0.2, 0.25) is 12.1 Å². The largest absolute Gasteiger partial charge is 0.255 e. The fourth-order valence-electron chi connectivity index (χ4n) is 4.55. The molecule has 1 aliphatic rings. The van der Waals surface area contributed by atoms with E-state index in [1.807, 2.05) is 24.3 Å². The quantitative estimate of drug-likeness (QED) is 0.469. The third-order valence-electron chi connectivity index (χ3n) is 6.09. The monoisotopic (exact) mass is 488 g/mol. The van der Waals surface area contributed by atoms with Crippen LogP contribution >= 0.6 is 15.9 Å². The molecular formula is C22H25BrN2O2SSi. The van der Waals surface area contributed by atoms with E-state index in [0.29, 0.717) is 29.0 Å². The summed E-state index contributed by atoms with van der Waals surface area (Å²) in [5.74, 6) is 0. The fourth-order valence-corrected chi connectivity index (χ4v) is 10.4. The second kappa shape index (κ2) is 8.30. The lowest BCUT2D eigenvalue weighted by atomic mass is 10.0. The van der Waals surface area contributed by atoms with Gasteiger partial charge < -0.3 is 0 Å². The third kappa shape index (κ3) is 3.69. The van der Waals surface area contributed by atoms with Gasteiger partial charge in [0.1, 0.15) is 4.90 Å². The van der Waals surface area contributed by atoms with Crippen molar-refractivity contribution in [1.29, 1.82) is 0 Å². The maximum absolute atomic E-state index is 13.7. The molecule has 1 atom stereocenters. The molecule has 0 amide bonds. The summed E-state index contributed by atoms with van der Waals surface area (Å²) >= 11 is 3.74. The maximum Gasteiger partial charge on any atom is 0.245 e. The molecule has 0 saturated heterocycles. The van der Waals surface area contributed by atoms with Gasteiger partial charge in [0.25, 0.3) is 0 Å². The van der Waals surface area contributed by atoms with Gasteiger partial charge in [-0.2, -0.15) is 4.31 Å². The van der Waals surface area contributed by atoms with E-state index in [1.165, 1.54) is 5.56 Å². The first-order chi connectivity index (χ1) is 14.0. The van der Waals surface area contributed by atoms with Crippen LogP contribution in [0.3, 0.4) is 0 Å². The van der Waals surface area contributed by atoms with E-state index in [4.69, 9.17) is 0 Å². The molecule has 0 bridgehead atoms. The van der Waals surface area contributed by atoms with Crippen molar-refractivity contribution in [2.45, 2.75) is 42.9 Å². The van der Waals surface area contributed by atoms with Crippen LogP contribution in [0.25, 0.3) is 10.9 Å². The van der Waals surface area contributed by atoms with Crippen molar-refractivity contribution in [2.75, 3.05) is 6.54 Å². The highest BCUT2D eigenvalue weighted by atomic mass is 79.9. The molecule has 2 heterocycles. The van der Waals surface area contributed by atoms with Crippen LogP contribution < -0.4 is 0 Å². The lowest BCUT2D eigenvalue weighted by molar-refractivity contribution is 0.382. The number of fused-ring (bicyclic) bond motifs is 2. The first-order valence-corrected chi connectivity index (χ1v) is 14.6. The molecule has 0 aliphatic carbocycles. The minimum atomic E-state index is -3.65. The molecule has 1 unspecified atom stereocenters. The molecule has 2 aromatic carbocycles. The molecule has 3 aromatic rings. The normalized spacial score (nSPS) is 17.6. The van der Waals surface area contributed by atoms with Crippen LogP contribution in [0.15, 0.2) is 64.1 Å². The predicted octanol–water partition coefficient (Wildman–Crippen LogP) is 5.09. The Morgan fingerprint density at radius 2 is 1.83 bits per heavy atom. The van der Waals surface area contributed by atoms with Crippen molar-refractivity contribution in [2.24, 2.45) is 0 Å². The Balaban J connectivity index is 1.83. The number of nitrogens with zero attached hydrogens (tertiary/aromatic N) is 2. The van der Waals surface area contributed by atoms with Crippen molar-refractivity contribution in [1.82, 2.24) is 9.29 Å². The zero-order valence-corrected chi connectivity index (χ0v) is 20.2. The molecular weight excluding hydrogens is 464 g/mol. The number of aromatic nitrogens is 1. The van der Waals surface area contributed by atoms with Gasteiger partial charge in [-0.15, -0.1) is 0 Å². The Hall–Kier alpha value is -1.54. The number of rotatable bonds is 5. The maximum atomic E-state index is 13.7. The molecule has 0 fully saturated rings. The minimum absolute atomic E-state index is 0.305. The zero-order chi connectivity index (χ0) is 20.6. The predicted molar refractivity (Wildman–Crippen MR) is 124 cm³/mol. The summed E-state index contributed by atoms with van der Waals surface area (Å²) in [4.78, 5) is 4.69. The highest BCUT2D eigenvalue weighted by molar-refractivity contribution is 9.10. The minimum Gasteiger partial charge on any atom is -0.255 e. The van der Waals surface area contributed by atoms with Gasteiger partial charge in [-0.05, 0) is 34.9 Å². The van der Waals surface area contributed by atoms with Gasteiger partial charge in [-0.25, -0.2) is 8.42 Å². The second-order valence-electron chi connectivity index (χ2n) is 7.62. The lowest BCUT2D eigenvalue weighted by Crippen LogP contribution is -2.43. The number of benzene rings is 2. The van der Waals surface area contributed by atoms with Gasteiger partial charge in [-0.1, -0.05) is 72.2 Å². The Bertz CT molecular complexity index is 1140. The number of pyridine rings is 1. The van der Waals surface area contributed by atoms with Gasteiger partial charge in [0, 0.05) is 37.9 Å². The molecule has 4 rings (SSSR count). The van der Waals surface area contributed by atoms with Crippen LogP contribution in [0.4, 0.5) is 0 Å². The van der Waals surface area contributed by atoms with Crippen LogP contribution in [0, 0.1) is 0 Å². The molecule has 29 heavy (non-hydrogen) atoms. The van der Waals surface area contributed by atoms with E-state index in [2.05, 4.69) is 46.9 Å². The van der Waals surface area contributed by atoms with E-state index in [1.54, 1.807) is 22.6 Å². The molecule has 0 N–H and O–H groups in total. The van der Waals surface area contributed by atoms with Crippen molar-refractivity contribution < 1.29 is 8.42 Å². The van der Waals surface area contributed by atoms with Gasteiger partial charge in [-0.3, -0.25) is 4.98 Å². The number of hydrogen-bond donors (Lipinski definition) is 0. The Labute approximate surface area is 182 Å². The van der Waals surface area contributed by atoms with Crippen molar-refractivity contribution >= 4 is 45.7 Å². The number of sulfonamides is 1. The number of hydrogen-bond acceptors (Lipinski definition) is 3. The van der Waals surface area contributed by atoms with Gasteiger partial charge in [0.15, 0.2) is 0 Å². The summed E-state index contributed by atoms with van der Waals surface area (Å²) in [6.45, 7) is 5.46. The van der Waals surface area contributed by atoms with E-state index in [9.17, 15) is 8.42 Å². The fraction of sp³-hybridized carbons (Fsp3) is 0.318. The van der Waals surface area contributed by atoms with E-state index in [0.717, 1.165) is 27.5 Å². The van der Waals surface area contributed by atoms with E-state index < -0.39 is 18.8 Å². The first-order valence-electron chi connectivity index (χ1n) is 10.1. The van der Waals surface area contributed by atoms with Crippen LogP contribution in [0.1, 0.15) is 30.5 Å². The van der Waals surface area contributed by atoms with Crippen LogP contribution in [-0.4, -0.2) is 33.0 Å². The van der Waals surface area contributed by atoms with Crippen molar-refractivity contribution in [3.05, 3.63) is 70.3 Å². The van der Waals surface area contributed by atoms with E-state index >= 15 is 0 Å². The first kappa shape index (κ1) is 20.7. The molecule has 0 radical (unpaired) electrons. The summed E-state index contributed by atoms with van der Waals surface area (Å²) in [5.41, 5.74) is 3.30. The average Bonchev–Trinajstić information content (AvgIpc) is 2.74. The zero-order valence-electron chi connectivity index (χ0n) is 16.7. The van der Waals surface area contributed by atoms with Gasteiger partial charge in [0.2, 0.25) is 10.0 Å². The topological polar surface area (TPSA) is 50.3 Å². The molecule has 152 valence electrons. The molecule has 7 heteroatoms. The van der Waals surface area contributed by atoms with Crippen LogP contribution in [-0.2, 0) is 16.6 Å². The summed E-state index contributed by atoms with van der Waals surface area (Å²) in [6.07, 6.45) is 1.66. The van der Waals surface area contributed by atoms with E-state index in [-0.39, 0.29) is 0 Å². The summed E-state index contributed by atoms with van der Waals surface area (Å²) in [7, 11) is -4.79. The Morgan fingerprint density at radius 1 is 1.10 bits per heavy atom. The van der Waals surface area contributed by atoms with Crippen molar-refractivity contribution in [3.8, 4) is 0 Å². The average molecular weight is 490 g/mol. The number of halogens is 1. The van der Waals surface area contributed by atoms with Gasteiger partial charge in [0.05, 0.1) is 5.52 Å². The van der Waals surface area contributed by atoms with Gasteiger partial charge >= 0.3 is 0 Å². The summed E-state index contributed by atoms with van der Waals surface area (Å²) in [6, 6.07) is 17.6. The van der Waals surface area contributed by atoms with Crippen LogP contribution in [0.5, 0.6) is 0 Å². The molecule has 0 spiro atoms. The molecule has 1 aliphatic heterocycles. The number of para-hydroxylation sites is 1. The SMILES string of the molecule is CC[SiH](CC)C1CN(S(=O)(=O)c2cccc3cccnc23)Cc2cccc(Br)c21. The standard InChI is InChI=1S/C22H25BrN2O2SSi/c1-3-29(4-2)20-15-25(14-17-9-5-11-18(23)21(17)20)28(26,27)19-12-6-8-16-10-7-13-24-22(16)19/h5-13,20,29H,3-4,14-15H2,1-2H3. The highest BCUT2D eigenvalue weighted by Crippen LogP contribution is 2.39. The molecule has 1 aromatic heterocycles. The Morgan fingerprint density at radius 3 is 2.59 bits per heavy atom. The highest BCUT2D eigenvalue weighted by Gasteiger charge is 2.38. The third-order valence-corrected chi connectivity index (χ3v) is 12.4. The Kier molecular flexibility index (Phi) is 5.93. The lowest BCUT2D eigenvalue weighted by Gasteiger charge is -2.37. The van der Waals surface area contributed by atoms with Crippen molar-refractivity contribution in [3.63, 3.8) is 0 Å². The summed E-state index contributed by atoms with van der Waals surface area (Å²) < 4.78 is 30.3.